The zero-order valence-electron chi connectivity index (χ0n) is 14.8. The number of fused-ring (bicyclic) bond motifs is 1. The van der Waals surface area contributed by atoms with Crippen LogP contribution in [0.25, 0.3) is 11.0 Å². The molecule has 1 N–H and O–H groups in total. The van der Waals surface area contributed by atoms with Crippen molar-refractivity contribution in [2.75, 3.05) is 7.11 Å². The number of benzene rings is 1. The molecule has 0 spiro atoms. The summed E-state index contributed by atoms with van der Waals surface area (Å²) >= 11 is 5.98. The third kappa shape index (κ3) is 4.08. The van der Waals surface area contributed by atoms with E-state index in [1.165, 1.54) is 4.35 Å². The molecule has 4 rings (SSSR count). The van der Waals surface area contributed by atoms with E-state index in [0.29, 0.717) is 0 Å². The van der Waals surface area contributed by atoms with E-state index in [2.05, 4.69) is 45.3 Å². The van der Waals surface area contributed by atoms with E-state index < -0.39 is 0 Å². The van der Waals surface area contributed by atoms with Crippen molar-refractivity contribution in [3.05, 3.63) is 89.0 Å². The molecular weight excluding hydrogens is 421 g/mol. The zero-order chi connectivity index (χ0) is 18.6. The molecule has 6 heteroatoms. The maximum atomic E-state index is 5.95. The summed E-state index contributed by atoms with van der Waals surface area (Å²) in [6.45, 7) is 0. The van der Waals surface area contributed by atoms with Gasteiger partial charge in [0.05, 0.1) is 0 Å². The molecule has 3 heterocycles. The predicted molar refractivity (Wildman–Crippen MR) is 110 cm³/mol. The number of halogens is 1. The van der Waals surface area contributed by atoms with Gasteiger partial charge in [0, 0.05) is 0 Å². The topological polar surface area (TPSA) is 50.8 Å². The molecule has 0 fully saturated rings. The average molecular weight is 439 g/mol. The van der Waals surface area contributed by atoms with Crippen LogP contribution >= 0.6 is 11.6 Å². The van der Waals surface area contributed by atoms with Gasteiger partial charge in [-0.3, -0.25) is 0 Å². The van der Waals surface area contributed by atoms with Crippen LogP contribution in [-0.4, -0.2) is 37.8 Å². The van der Waals surface area contributed by atoms with Gasteiger partial charge in [-0.2, -0.15) is 0 Å². The first kappa shape index (κ1) is 18.2. The van der Waals surface area contributed by atoms with Gasteiger partial charge in [-0.25, -0.2) is 0 Å². The number of aromatic nitrogens is 3. The number of rotatable bonds is 6. The summed E-state index contributed by atoms with van der Waals surface area (Å²) in [6.07, 6.45) is 5.49. The van der Waals surface area contributed by atoms with Gasteiger partial charge in [-0.15, -0.1) is 0 Å². The normalized spacial score (nSPS) is 12.8. The third-order valence-corrected chi connectivity index (χ3v) is 7.06. The maximum absolute atomic E-state index is 5.95. The van der Waals surface area contributed by atoms with Crippen LogP contribution in [0, 0.1) is 0 Å². The van der Waals surface area contributed by atoms with Gasteiger partial charge >= 0.3 is 170 Å². The number of nitrogens with one attached hydrogen (secondary N) is 1. The van der Waals surface area contributed by atoms with E-state index in [-0.39, 0.29) is 21.9 Å². The Kier molecular flexibility index (Phi) is 5.58. The van der Waals surface area contributed by atoms with Gasteiger partial charge in [0.2, 0.25) is 0 Å². The van der Waals surface area contributed by atoms with Crippen LogP contribution in [0.4, 0.5) is 0 Å². The Morgan fingerprint density at radius 2 is 1.96 bits per heavy atom. The number of methoxy groups -OCH3 is 1. The van der Waals surface area contributed by atoms with E-state index >= 15 is 0 Å². The summed E-state index contributed by atoms with van der Waals surface area (Å²) in [4.78, 5) is 12.2. The Hall–Kier alpha value is -2.13. The molecule has 0 saturated carbocycles. The molecule has 1 aromatic carbocycles. The standard InChI is InChI=1S/C21H18AsClN3O/c1-27-20(19-13-26-21-18(19)3-2-10-24-21)14-4-9-17(25-12-14)11-22-15-5-7-16(23)8-6-15/h2-10,12-13,20H,11H2,1H3,(H,24,26). The van der Waals surface area contributed by atoms with Crippen molar-refractivity contribution in [2.24, 2.45) is 0 Å². The van der Waals surface area contributed by atoms with Crippen molar-refractivity contribution in [2.45, 2.75) is 11.3 Å². The number of hydrogen-bond acceptors (Lipinski definition) is 3. The minimum absolute atomic E-state index is 0.0355. The minimum atomic E-state index is -0.172. The SMILES string of the molecule is COC(c1ccc(C[As]c2ccc(Cl)cc2)nc1)c1c[nH]c2ncccc12. The summed E-state index contributed by atoms with van der Waals surface area (Å²) in [5.74, 6) is 0. The van der Waals surface area contributed by atoms with Crippen molar-refractivity contribution in [1.82, 2.24) is 15.0 Å². The summed E-state index contributed by atoms with van der Waals surface area (Å²) in [5, 5.41) is 2.83. The third-order valence-electron chi connectivity index (χ3n) is 4.40. The summed E-state index contributed by atoms with van der Waals surface area (Å²) in [5.41, 5.74) is 4.08. The van der Waals surface area contributed by atoms with E-state index in [0.717, 1.165) is 38.1 Å². The van der Waals surface area contributed by atoms with Crippen molar-refractivity contribution >= 4 is 42.7 Å². The molecule has 1 atom stereocenters. The van der Waals surface area contributed by atoms with Gasteiger partial charge in [0.15, 0.2) is 0 Å². The Labute approximate surface area is 169 Å². The monoisotopic (exact) mass is 438 g/mol. The Morgan fingerprint density at radius 3 is 2.70 bits per heavy atom. The van der Waals surface area contributed by atoms with Gasteiger partial charge in [-0.1, -0.05) is 0 Å². The van der Waals surface area contributed by atoms with Crippen molar-refractivity contribution in [3.8, 4) is 0 Å². The molecule has 0 aliphatic carbocycles. The number of aromatic amines is 1. The second-order valence-corrected chi connectivity index (χ2v) is 8.98. The molecule has 0 saturated heterocycles. The molecule has 0 aliphatic heterocycles. The van der Waals surface area contributed by atoms with Crippen molar-refractivity contribution < 1.29 is 4.74 Å². The second-order valence-electron chi connectivity index (χ2n) is 6.13. The van der Waals surface area contributed by atoms with Crippen LogP contribution in [0.2, 0.25) is 5.02 Å². The van der Waals surface area contributed by atoms with Crippen molar-refractivity contribution in [1.29, 1.82) is 0 Å². The van der Waals surface area contributed by atoms with Crippen LogP contribution in [-0.2, 0) is 9.95 Å². The number of H-pyrrole nitrogens is 1. The molecule has 4 nitrogen and oxygen atoms in total. The first-order chi connectivity index (χ1) is 13.2. The van der Waals surface area contributed by atoms with Crippen LogP contribution in [0.15, 0.2) is 67.1 Å². The van der Waals surface area contributed by atoms with Crippen molar-refractivity contribution in [3.63, 3.8) is 0 Å². The molecule has 0 bridgehead atoms. The Balaban J connectivity index is 1.51. The van der Waals surface area contributed by atoms with Crippen LogP contribution in [0.3, 0.4) is 0 Å². The number of nitrogens with zero attached hydrogens (tertiary/aromatic N) is 2. The molecule has 135 valence electrons. The molecule has 27 heavy (non-hydrogen) atoms. The molecule has 3 aromatic heterocycles. The van der Waals surface area contributed by atoms with Gasteiger partial charge in [0.25, 0.3) is 0 Å². The van der Waals surface area contributed by atoms with Gasteiger partial charge < -0.3 is 0 Å². The quantitative estimate of drug-likeness (QED) is 0.465. The second kappa shape index (κ2) is 8.26. The number of ether oxygens (including phenoxy) is 1. The number of pyridine rings is 2. The van der Waals surface area contributed by atoms with Crippen LogP contribution in [0.1, 0.15) is 22.9 Å². The van der Waals surface area contributed by atoms with Gasteiger partial charge in [-0.05, 0) is 0 Å². The molecule has 4 aromatic rings. The molecule has 1 unspecified atom stereocenters. The summed E-state index contributed by atoms with van der Waals surface area (Å²) < 4.78 is 7.12. The molecule has 0 amide bonds. The van der Waals surface area contributed by atoms with Crippen LogP contribution < -0.4 is 4.35 Å². The first-order valence-electron chi connectivity index (χ1n) is 8.57. The average Bonchev–Trinajstić information content (AvgIpc) is 3.13. The number of hydrogen-bond donors (Lipinski definition) is 1. The summed E-state index contributed by atoms with van der Waals surface area (Å²) in [7, 11) is 1.72. The predicted octanol–water partition coefficient (Wildman–Crippen LogP) is 3.88. The Morgan fingerprint density at radius 1 is 1.11 bits per heavy atom. The fourth-order valence-corrected chi connectivity index (χ4v) is 5.04. The fraction of sp³-hybridized carbons (Fsp3) is 0.143. The Bertz CT molecular complexity index is 1030. The molecule has 1 radical (unpaired) electrons. The van der Waals surface area contributed by atoms with Gasteiger partial charge in [0.1, 0.15) is 0 Å². The van der Waals surface area contributed by atoms with Crippen LogP contribution in [0.5, 0.6) is 0 Å². The van der Waals surface area contributed by atoms with E-state index in [4.69, 9.17) is 16.3 Å². The van der Waals surface area contributed by atoms with E-state index in [1.807, 2.05) is 30.6 Å². The fourth-order valence-electron chi connectivity index (χ4n) is 3.04. The molecular formula is C21H18AsClN3O. The molecule has 0 aliphatic rings. The summed E-state index contributed by atoms with van der Waals surface area (Å²) in [6, 6.07) is 16.3. The zero-order valence-corrected chi connectivity index (χ0v) is 17.4. The van der Waals surface area contributed by atoms with E-state index in [9.17, 15) is 0 Å². The first-order valence-corrected chi connectivity index (χ1v) is 11.2. The van der Waals surface area contributed by atoms with E-state index in [1.54, 1.807) is 13.3 Å².